The fourth-order valence-corrected chi connectivity index (χ4v) is 4.32. The largest absolute Gasteiger partial charge is 0.497 e. The fraction of sp³-hybridized carbons (Fsp3) is 0.185. The maximum atomic E-state index is 14.2. The molecule has 1 aliphatic heterocycles. The van der Waals surface area contributed by atoms with Gasteiger partial charge in [0.15, 0.2) is 0 Å². The number of amides is 2. The zero-order valence-corrected chi connectivity index (χ0v) is 19.5. The Labute approximate surface area is 205 Å². The highest BCUT2D eigenvalue weighted by molar-refractivity contribution is 6.14. The van der Waals surface area contributed by atoms with Crippen LogP contribution < -0.4 is 15.0 Å². The van der Waals surface area contributed by atoms with Crippen molar-refractivity contribution in [3.63, 3.8) is 0 Å². The number of ether oxygens (including phenoxy) is 1. The first-order valence-electron chi connectivity index (χ1n) is 11.4. The Morgan fingerprint density at radius 2 is 1.56 bits per heavy atom. The highest BCUT2D eigenvalue weighted by Crippen LogP contribution is 2.33. The van der Waals surface area contributed by atoms with E-state index in [2.05, 4.69) is 10.2 Å². The van der Waals surface area contributed by atoms with Crippen LogP contribution >= 0.6 is 0 Å². The average Bonchev–Trinajstić information content (AvgIpc) is 3.26. The lowest BCUT2D eigenvalue weighted by molar-refractivity contribution is 0.0718. The van der Waals surface area contributed by atoms with Crippen LogP contribution in [0.3, 0.4) is 0 Å². The number of carbonyl (C=O) groups excluding carboxylic acids is 2. The average molecular weight is 491 g/mol. The van der Waals surface area contributed by atoms with Crippen molar-refractivity contribution in [1.82, 2.24) is 4.90 Å². The predicted octanol–water partition coefficient (Wildman–Crippen LogP) is 4.93. The molecule has 5 rings (SSSR count). The van der Waals surface area contributed by atoms with E-state index in [1.165, 1.54) is 6.07 Å². The van der Waals surface area contributed by atoms with Crippen molar-refractivity contribution in [1.29, 1.82) is 0 Å². The van der Waals surface area contributed by atoms with Crippen LogP contribution in [-0.2, 0) is 0 Å². The molecule has 1 N–H and O–H groups in total. The van der Waals surface area contributed by atoms with Gasteiger partial charge in [-0.15, -0.1) is 0 Å². The van der Waals surface area contributed by atoms with E-state index >= 15 is 0 Å². The number of methoxy groups -OCH3 is 1. The zero-order chi connectivity index (χ0) is 25.2. The Kier molecular flexibility index (Phi) is 6.28. The minimum atomic E-state index is -1.00. The van der Waals surface area contributed by atoms with Crippen LogP contribution in [-0.4, -0.2) is 50.0 Å². The molecule has 1 fully saturated rings. The molecule has 9 heteroatoms. The molecule has 2 amide bonds. The first-order chi connectivity index (χ1) is 17.5. The fourth-order valence-electron chi connectivity index (χ4n) is 4.32. The van der Waals surface area contributed by atoms with Gasteiger partial charge in [-0.3, -0.25) is 9.59 Å². The normalized spacial score (nSPS) is 13.6. The van der Waals surface area contributed by atoms with Crippen LogP contribution in [0.15, 0.2) is 71.1 Å². The predicted molar refractivity (Wildman–Crippen MR) is 132 cm³/mol. The van der Waals surface area contributed by atoms with Gasteiger partial charge in [-0.2, -0.15) is 0 Å². The number of nitrogens with zero attached hydrogens (tertiary/aromatic N) is 2. The zero-order valence-electron chi connectivity index (χ0n) is 19.5. The van der Waals surface area contributed by atoms with Gasteiger partial charge in [0.2, 0.25) is 5.76 Å². The standard InChI is InChI=1S/C27H23F2N3O4/c1-35-18-11-9-17(10-12-18)31-13-15-32(16-14-31)27(34)25-24(19-5-2-3-8-22(19)36-25)30-26(33)23-20(28)6-4-7-21(23)29/h2-12H,13-16H2,1H3,(H,30,33). The molecule has 0 atom stereocenters. The topological polar surface area (TPSA) is 75.0 Å². The summed E-state index contributed by atoms with van der Waals surface area (Å²) in [7, 11) is 1.61. The van der Waals surface area contributed by atoms with Gasteiger partial charge >= 0.3 is 0 Å². The van der Waals surface area contributed by atoms with Crippen molar-refractivity contribution < 1.29 is 27.5 Å². The molecule has 184 valence electrons. The van der Waals surface area contributed by atoms with E-state index in [0.717, 1.165) is 23.6 Å². The molecular formula is C27H23F2N3O4. The van der Waals surface area contributed by atoms with E-state index in [0.29, 0.717) is 37.1 Å². The van der Waals surface area contributed by atoms with E-state index in [-0.39, 0.29) is 11.4 Å². The number of para-hydroxylation sites is 1. The Hall–Kier alpha value is -4.40. The first-order valence-corrected chi connectivity index (χ1v) is 11.4. The second-order valence-corrected chi connectivity index (χ2v) is 8.33. The number of nitrogens with one attached hydrogen (secondary N) is 1. The molecule has 0 radical (unpaired) electrons. The maximum absolute atomic E-state index is 14.2. The number of piperazine rings is 1. The van der Waals surface area contributed by atoms with Crippen LogP contribution in [0.5, 0.6) is 5.75 Å². The minimum Gasteiger partial charge on any atom is -0.497 e. The van der Waals surface area contributed by atoms with Crippen LogP contribution in [0.2, 0.25) is 0 Å². The van der Waals surface area contributed by atoms with Gasteiger partial charge in [-0.05, 0) is 48.5 Å². The van der Waals surface area contributed by atoms with Crippen molar-refractivity contribution in [2.24, 2.45) is 0 Å². The van der Waals surface area contributed by atoms with E-state index in [1.54, 1.807) is 36.3 Å². The summed E-state index contributed by atoms with van der Waals surface area (Å²) < 4.78 is 39.4. The van der Waals surface area contributed by atoms with Gasteiger partial charge in [0.1, 0.15) is 34.2 Å². The third-order valence-electron chi connectivity index (χ3n) is 6.22. The second kappa shape index (κ2) is 9.69. The first kappa shape index (κ1) is 23.3. The van der Waals surface area contributed by atoms with E-state index < -0.39 is 29.0 Å². The highest BCUT2D eigenvalue weighted by Gasteiger charge is 2.30. The summed E-state index contributed by atoms with van der Waals surface area (Å²) in [5, 5.41) is 2.98. The van der Waals surface area contributed by atoms with Crippen LogP contribution in [0.1, 0.15) is 20.9 Å². The molecule has 4 aromatic rings. The summed E-state index contributed by atoms with van der Waals surface area (Å²) in [6.07, 6.45) is 0. The maximum Gasteiger partial charge on any atom is 0.291 e. The molecule has 0 aliphatic carbocycles. The van der Waals surface area contributed by atoms with Crippen molar-refractivity contribution in [2.45, 2.75) is 0 Å². The molecule has 0 spiro atoms. The Balaban J connectivity index is 1.38. The summed E-state index contributed by atoms with van der Waals surface area (Å²) in [5.74, 6) is -2.73. The van der Waals surface area contributed by atoms with Crippen molar-refractivity contribution >= 4 is 34.2 Å². The lowest BCUT2D eigenvalue weighted by Gasteiger charge is -2.35. The van der Waals surface area contributed by atoms with Gasteiger partial charge in [0.05, 0.1) is 7.11 Å². The van der Waals surface area contributed by atoms with E-state index in [9.17, 15) is 18.4 Å². The summed E-state index contributed by atoms with van der Waals surface area (Å²) in [4.78, 5) is 30.1. The molecule has 3 aromatic carbocycles. The second-order valence-electron chi connectivity index (χ2n) is 8.33. The van der Waals surface area contributed by atoms with Crippen molar-refractivity contribution in [2.75, 3.05) is 43.5 Å². The van der Waals surface area contributed by atoms with Gasteiger partial charge < -0.3 is 24.3 Å². The van der Waals surface area contributed by atoms with Crippen molar-refractivity contribution in [3.8, 4) is 5.75 Å². The Morgan fingerprint density at radius 1 is 0.889 bits per heavy atom. The number of furan rings is 1. The number of halogens is 2. The molecule has 0 unspecified atom stereocenters. The van der Waals surface area contributed by atoms with Gasteiger partial charge in [-0.25, -0.2) is 8.78 Å². The summed E-state index contributed by atoms with van der Waals surface area (Å²) >= 11 is 0. The summed E-state index contributed by atoms with van der Waals surface area (Å²) in [5.41, 5.74) is 0.753. The van der Waals surface area contributed by atoms with Crippen LogP contribution in [0.4, 0.5) is 20.2 Å². The van der Waals surface area contributed by atoms with Gasteiger partial charge in [0, 0.05) is 37.3 Å². The smallest absolute Gasteiger partial charge is 0.291 e. The monoisotopic (exact) mass is 491 g/mol. The highest BCUT2D eigenvalue weighted by atomic mass is 19.1. The molecule has 2 heterocycles. The van der Waals surface area contributed by atoms with Gasteiger partial charge in [-0.1, -0.05) is 18.2 Å². The number of carbonyl (C=O) groups is 2. The number of anilines is 2. The molecule has 1 saturated heterocycles. The SMILES string of the molecule is COc1ccc(N2CCN(C(=O)c3oc4ccccc4c3NC(=O)c3c(F)cccc3F)CC2)cc1. The third kappa shape index (κ3) is 4.35. The molecule has 0 bridgehead atoms. The lowest BCUT2D eigenvalue weighted by atomic mass is 10.1. The van der Waals surface area contributed by atoms with Crippen LogP contribution in [0.25, 0.3) is 11.0 Å². The van der Waals surface area contributed by atoms with Crippen LogP contribution in [0, 0.1) is 11.6 Å². The number of benzene rings is 3. The molecule has 7 nitrogen and oxygen atoms in total. The molecule has 0 saturated carbocycles. The number of hydrogen-bond acceptors (Lipinski definition) is 5. The Morgan fingerprint density at radius 3 is 2.22 bits per heavy atom. The minimum absolute atomic E-state index is 0.0841. The van der Waals surface area contributed by atoms with E-state index in [1.807, 2.05) is 24.3 Å². The third-order valence-corrected chi connectivity index (χ3v) is 6.22. The quantitative estimate of drug-likeness (QED) is 0.428. The Bertz CT molecular complexity index is 1410. The molecular weight excluding hydrogens is 468 g/mol. The summed E-state index contributed by atoms with van der Waals surface area (Å²) in [6.45, 7) is 2.05. The lowest BCUT2D eigenvalue weighted by Crippen LogP contribution is -2.48. The number of hydrogen-bond donors (Lipinski definition) is 1. The molecule has 36 heavy (non-hydrogen) atoms. The van der Waals surface area contributed by atoms with Crippen molar-refractivity contribution in [3.05, 3.63) is 89.7 Å². The number of rotatable bonds is 5. The van der Waals surface area contributed by atoms with E-state index in [4.69, 9.17) is 9.15 Å². The van der Waals surface area contributed by atoms with Gasteiger partial charge in [0.25, 0.3) is 11.8 Å². The summed E-state index contributed by atoms with van der Waals surface area (Å²) in [6, 6.07) is 17.7. The number of fused-ring (bicyclic) bond motifs is 1. The molecule has 1 aliphatic rings. The molecule has 1 aromatic heterocycles.